The average molecular weight is 377 g/mol. The number of rotatable bonds is 5. The highest BCUT2D eigenvalue weighted by atomic mass is 19.4. The van der Waals surface area contributed by atoms with Crippen LogP contribution >= 0.6 is 0 Å². The van der Waals surface area contributed by atoms with E-state index in [1.54, 1.807) is 25.1 Å². The van der Waals surface area contributed by atoms with Crippen molar-refractivity contribution in [3.8, 4) is 11.1 Å². The van der Waals surface area contributed by atoms with E-state index in [2.05, 4.69) is 0 Å². The molecule has 0 N–H and O–H groups in total. The van der Waals surface area contributed by atoms with Crippen LogP contribution in [-0.2, 0) is 11.3 Å². The third kappa shape index (κ3) is 4.50. The summed E-state index contributed by atoms with van der Waals surface area (Å²) >= 11 is 0. The molecule has 2 aromatic rings. The topological polar surface area (TPSA) is 29.5 Å². The zero-order valence-electron chi connectivity index (χ0n) is 15.1. The zero-order chi connectivity index (χ0) is 19.4. The molecular formula is C21H22F3NO2. The summed E-state index contributed by atoms with van der Waals surface area (Å²) in [6.45, 7) is 2.50. The summed E-state index contributed by atoms with van der Waals surface area (Å²) in [7, 11) is 0. The Bertz CT molecular complexity index is 790. The van der Waals surface area contributed by atoms with Gasteiger partial charge in [0.05, 0.1) is 12.2 Å². The molecule has 6 heteroatoms. The van der Waals surface area contributed by atoms with Crippen molar-refractivity contribution in [1.82, 2.24) is 4.90 Å². The van der Waals surface area contributed by atoms with Crippen LogP contribution in [0.2, 0.25) is 0 Å². The number of carbonyl (C=O) groups excluding carboxylic acids is 1. The van der Waals surface area contributed by atoms with Gasteiger partial charge in [0.25, 0.3) is 0 Å². The van der Waals surface area contributed by atoms with E-state index in [0.29, 0.717) is 24.1 Å². The van der Waals surface area contributed by atoms with Crippen molar-refractivity contribution in [3.63, 3.8) is 0 Å². The van der Waals surface area contributed by atoms with Gasteiger partial charge in [-0.3, -0.25) is 4.90 Å². The minimum Gasteiger partial charge on any atom is -0.462 e. The average Bonchev–Trinajstić information content (AvgIpc) is 3.11. The Kier molecular flexibility index (Phi) is 5.85. The molecule has 0 aromatic heterocycles. The van der Waals surface area contributed by atoms with Gasteiger partial charge >= 0.3 is 12.1 Å². The van der Waals surface area contributed by atoms with Crippen molar-refractivity contribution >= 4 is 5.97 Å². The van der Waals surface area contributed by atoms with E-state index in [1.807, 2.05) is 30.3 Å². The molecule has 1 atom stereocenters. The molecule has 0 amide bonds. The Morgan fingerprint density at radius 1 is 1.19 bits per heavy atom. The fraction of sp³-hybridized carbons (Fsp3) is 0.381. The minimum atomic E-state index is -4.25. The molecule has 144 valence electrons. The predicted octanol–water partition coefficient (Wildman–Crippen LogP) is 5.06. The maximum absolute atomic E-state index is 13.3. The summed E-state index contributed by atoms with van der Waals surface area (Å²) < 4.78 is 45.0. The molecule has 3 nitrogen and oxygen atoms in total. The van der Waals surface area contributed by atoms with Crippen LogP contribution in [0.5, 0.6) is 0 Å². The smallest absolute Gasteiger partial charge is 0.404 e. The second-order valence-corrected chi connectivity index (χ2v) is 6.63. The highest BCUT2D eigenvalue weighted by Gasteiger charge is 2.45. The Morgan fingerprint density at radius 2 is 1.93 bits per heavy atom. The van der Waals surface area contributed by atoms with Crippen LogP contribution in [0.1, 0.15) is 35.7 Å². The Balaban J connectivity index is 1.97. The zero-order valence-corrected chi connectivity index (χ0v) is 15.1. The molecule has 1 aliphatic heterocycles. The van der Waals surface area contributed by atoms with Gasteiger partial charge in [-0.25, -0.2) is 4.79 Å². The molecule has 3 rings (SSSR count). The standard InChI is InChI=1S/C21H22F3NO2/c1-2-27-20(26)16-10-11-18(15-7-4-3-5-8-15)17(13-16)14-25-12-6-9-19(25)21(22,23)24/h3-5,7-8,10-11,13,19H,2,6,9,12,14H2,1H3/t19-/m0/s1. The molecule has 0 bridgehead atoms. The predicted molar refractivity (Wildman–Crippen MR) is 97.3 cm³/mol. The van der Waals surface area contributed by atoms with Crippen molar-refractivity contribution in [2.24, 2.45) is 0 Å². The van der Waals surface area contributed by atoms with Crippen LogP contribution in [0, 0.1) is 0 Å². The number of carbonyl (C=O) groups is 1. The maximum Gasteiger partial charge on any atom is 0.404 e. The van der Waals surface area contributed by atoms with Crippen LogP contribution < -0.4 is 0 Å². The lowest BCUT2D eigenvalue weighted by Crippen LogP contribution is -2.40. The van der Waals surface area contributed by atoms with Crippen molar-refractivity contribution in [2.75, 3.05) is 13.2 Å². The summed E-state index contributed by atoms with van der Waals surface area (Å²) in [5.74, 6) is -0.466. The molecule has 1 aliphatic rings. The molecule has 0 saturated carbocycles. The van der Waals surface area contributed by atoms with Crippen molar-refractivity contribution in [1.29, 1.82) is 0 Å². The lowest BCUT2D eigenvalue weighted by Gasteiger charge is -2.27. The second-order valence-electron chi connectivity index (χ2n) is 6.63. The molecule has 1 saturated heterocycles. The van der Waals surface area contributed by atoms with Gasteiger partial charge in [-0.2, -0.15) is 13.2 Å². The number of likely N-dealkylation sites (tertiary alicyclic amines) is 1. The van der Waals surface area contributed by atoms with E-state index < -0.39 is 18.2 Å². The lowest BCUT2D eigenvalue weighted by molar-refractivity contribution is -0.177. The van der Waals surface area contributed by atoms with E-state index in [0.717, 1.165) is 11.1 Å². The summed E-state index contributed by atoms with van der Waals surface area (Å²) in [6, 6.07) is 13.1. The molecule has 2 aromatic carbocycles. The Hall–Kier alpha value is -2.34. The summed E-state index contributed by atoms with van der Waals surface area (Å²) in [5, 5.41) is 0. The van der Waals surface area contributed by atoms with Gasteiger partial charge in [-0.15, -0.1) is 0 Å². The minimum absolute atomic E-state index is 0.113. The number of hydrogen-bond donors (Lipinski definition) is 0. The van der Waals surface area contributed by atoms with Crippen LogP contribution in [0.3, 0.4) is 0 Å². The normalized spacial score (nSPS) is 17.9. The monoisotopic (exact) mass is 377 g/mol. The van der Waals surface area contributed by atoms with Crippen LogP contribution in [0.15, 0.2) is 48.5 Å². The molecule has 0 unspecified atom stereocenters. The highest BCUT2D eigenvalue weighted by molar-refractivity contribution is 5.90. The summed E-state index contributed by atoms with van der Waals surface area (Å²) in [6.07, 6.45) is -3.62. The number of ether oxygens (including phenoxy) is 1. The van der Waals surface area contributed by atoms with Gasteiger partial charge in [-0.05, 0) is 55.1 Å². The van der Waals surface area contributed by atoms with Crippen molar-refractivity contribution < 1.29 is 22.7 Å². The van der Waals surface area contributed by atoms with E-state index in [1.165, 1.54) is 4.90 Å². The molecule has 1 heterocycles. The lowest BCUT2D eigenvalue weighted by atomic mass is 9.97. The molecule has 27 heavy (non-hydrogen) atoms. The Labute approximate surface area is 156 Å². The SMILES string of the molecule is CCOC(=O)c1ccc(-c2ccccc2)c(CN2CCC[C@H]2C(F)(F)F)c1. The van der Waals surface area contributed by atoms with Gasteiger partial charge in [0, 0.05) is 6.54 Å². The first-order valence-corrected chi connectivity index (χ1v) is 9.06. The van der Waals surface area contributed by atoms with Gasteiger partial charge in [0.2, 0.25) is 0 Å². The second kappa shape index (κ2) is 8.13. The third-order valence-electron chi connectivity index (χ3n) is 4.82. The molecule has 0 radical (unpaired) electrons. The number of esters is 1. The largest absolute Gasteiger partial charge is 0.462 e. The first-order valence-electron chi connectivity index (χ1n) is 9.06. The molecular weight excluding hydrogens is 355 g/mol. The third-order valence-corrected chi connectivity index (χ3v) is 4.82. The first kappa shape index (κ1) is 19.4. The molecule has 0 aliphatic carbocycles. The Morgan fingerprint density at radius 3 is 2.59 bits per heavy atom. The number of halogens is 3. The van der Waals surface area contributed by atoms with E-state index in [9.17, 15) is 18.0 Å². The van der Waals surface area contributed by atoms with Crippen LogP contribution in [-0.4, -0.2) is 36.2 Å². The number of benzene rings is 2. The number of nitrogens with zero attached hydrogens (tertiary/aromatic N) is 1. The summed E-state index contributed by atoms with van der Waals surface area (Å²) in [4.78, 5) is 13.5. The number of hydrogen-bond acceptors (Lipinski definition) is 3. The van der Waals surface area contributed by atoms with E-state index in [-0.39, 0.29) is 19.6 Å². The van der Waals surface area contributed by atoms with Crippen LogP contribution in [0.4, 0.5) is 13.2 Å². The first-order chi connectivity index (χ1) is 12.9. The van der Waals surface area contributed by atoms with Gasteiger partial charge in [0.1, 0.15) is 6.04 Å². The van der Waals surface area contributed by atoms with E-state index in [4.69, 9.17) is 4.74 Å². The fourth-order valence-electron chi connectivity index (χ4n) is 3.57. The number of alkyl halides is 3. The van der Waals surface area contributed by atoms with Crippen molar-refractivity contribution in [2.45, 2.75) is 38.5 Å². The van der Waals surface area contributed by atoms with Crippen LogP contribution in [0.25, 0.3) is 11.1 Å². The maximum atomic E-state index is 13.3. The van der Waals surface area contributed by atoms with Crippen molar-refractivity contribution in [3.05, 3.63) is 59.7 Å². The van der Waals surface area contributed by atoms with E-state index >= 15 is 0 Å². The van der Waals surface area contributed by atoms with Gasteiger partial charge < -0.3 is 4.74 Å². The quantitative estimate of drug-likeness (QED) is 0.683. The van der Waals surface area contributed by atoms with Gasteiger partial charge in [0.15, 0.2) is 0 Å². The molecule has 1 fully saturated rings. The summed E-state index contributed by atoms with van der Waals surface area (Å²) in [5.41, 5.74) is 2.79. The highest BCUT2D eigenvalue weighted by Crippen LogP contribution is 2.35. The van der Waals surface area contributed by atoms with Gasteiger partial charge in [-0.1, -0.05) is 36.4 Å². The fourth-order valence-corrected chi connectivity index (χ4v) is 3.57. The molecule has 0 spiro atoms.